The van der Waals surface area contributed by atoms with E-state index in [0.29, 0.717) is 24.5 Å². The van der Waals surface area contributed by atoms with Gasteiger partial charge >= 0.3 is 6.18 Å². The summed E-state index contributed by atoms with van der Waals surface area (Å²) in [4.78, 5) is 13.1. The van der Waals surface area contributed by atoms with Gasteiger partial charge in [0.1, 0.15) is 5.75 Å². The number of hydrogen-bond donors (Lipinski definition) is 2. The number of carbonyl (C=O) groups is 1. The van der Waals surface area contributed by atoms with Crippen molar-refractivity contribution in [1.29, 1.82) is 0 Å². The highest BCUT2D eigenvalue weighted by molar-refractivity contribution is 5.95. The minimum absolute atomic E-state index is 0.00798. The van der Waals surface area contributed by atoms with E-state index in [4.69, 9.17) is 4.74 Å². The Morgan fingerprint density at radius 3 is 2.75 bits per heavy atom. The fourth-order valence-corrected chi connectivity index (χ4v) is 2.99. The van der Waals surface area contributed by atoms with Crippen molar-refractivity contribution in [3.8, 4) is 5.75 Å². The van der Waals surface area contributed by atoms with Crippen LogP contribution in [-0.4, -0.2) is 49.3 Å². The number of nitrogens with zero attached hydrogens (tertiary/aromatic N) is 1. The summed E-state index contributed by atoms with van der Waals surface area (Å²) < 4.78 is 42.2. The van der Waals surface area contributed by atoms with Crippen LogP contribution in [0.2, 0.25) is 0 Å². The van der Waals surface area contributed by atoms with Gasteiger partial charge < -0.3 is 20.3 Å². The molecule has 0 atom stereocenters. The molecule has 132 valence electrons. The molecule has 1 aromatic carbocycles. The van der Waals surface area contributed by atoms with E-state index in [-0.39, 0.29) is 25.1 Å². The zero-order valence-corrected chi connectivity index (χ0v) is 13.2. The van der Waals surface area contributed by atoms with Crippen molar-refractivity contribution in [3.05, 3.63) is 18.2 Å². The van der Waals surface area contributed by atoms with E-state index in [2.05, 4.69) is 10.6 Å². The lowest BCUT2D eigenvalue weighted by Gasteiger charge is -2.33. The number of benzene rings is 1. The Morgan fingerprint density at radius 1 is 1.29 bits per heavy atom. The minimum Gasteiger partial charge on any atom is -0.482 e. The lowest BCUT2D eigenvalue weighted by Crippen LogP contribution is -2.40. The molecule has 0 bridgehead atoms. The number of carbonyl (C=O) groups excluding carboxylic acids is 1. The van der Waals surface area contributed by atoms with Crippen LogP contribution >= 0.6 is 0 Å². The highest BCUT2D eigenvalue weighted by atomic mass is 19.4. The standard InChI is InChI=1S/C16H20F3N3O2/c17-16(18,19)5-8-22-6-3-11(4-7-22)20-12-1-2-13-14(9-12)24-10-15(23)21-13/h1-2,9,11,20H,3-8,10H2,(H,21,23). The normalized spacial score (nSPS) is 19.4. The molecule has 0 unspecified atom stereocenters. The molecule has 0 radical (unpaired) electrons. The molecule has 0 aromatic heterocycles. The monoisotopic (exact) mass is 343 g/mol. The second kappa shape index (κ2) is 6.88. The van der Waals surface area contributed by atoms with Gasteiger partial charge in [0.05, 0.1) is 12.1 Å². The summed E-state index contributed by atoms with van der Waals surface area (Å²) in [6, 6.07) is 5.71. The van der Waals surface area contributed by atoms with Crippen molar-refractivity contribution < 1.29 is 22.7 Å². The lowest BCUT2D eigenvalue weighted by molar-refractivity contribution is -0.138. The molecule has 1 amide bonds. The Balaban J connectivity index is 1.49. The van der Waals surface area contributed by atoms with Gasteiger partial charge in [-0.15, -0.1) is 0 Å². The number of anilines is 2. The average Bonchev–Trinajstić information content (AvgIpc) is 2.54. The van der Waals surface area contributed by atoms with Crippen LogP contribution in [0.3, 0.4) is 0 Å². The molecule has 2 N–H and O–H groups in total. The Bertz CT molecular complexity index is 599. The zero-order valence-electron chi connectivity index (χ0n) is 13.2. The molecular weight excluding hydrogens is 323 g/mol. The van der Waals surface area contributed by atoms with E-state index in [1.807, 2.05) is 17.0 Å². The number of alkyl halides is 3. The van der Waals surface area contributed by atoms with Crippen LogP contribution in [0.1, 0.15) is 19.3 Å². The summed E-state index contributed by atoms with van der Waals surface area (Å²) in [6.07, 6.45) is -3.24. The molecule has 5 nitrogen and oxygen atoms in total. The van der Waals surface area contributed by atoms with E-state index in [1.54, 1.807) is 6.07 Å². The van der Waals surface area contributed by atoms with Crippen LogP contribution in [0, 0.1) is 0 Å². The maximum atomic E-state index is 12.3. The average molecular weight is 343 g/mol. The van der Waals surface area contributed by atoms with Gasteiger partial charge in [0.2, 0.25) is 0 Å². The molecular formula is C16H20F3N3O2. The first-order valence-corrected chi connectivity index (χ1v) is 8.01. The molecule has 2 heterocycles. The second-order valence-corrected chi connectivity index (χ2v) is 6.17. The van der Waals surface area contributed by atoms with Crippen LogP contribution in [0.4, 0.5) is 24.5 Å². The molecule has 2 aliphatic rings. The van der Waals surface area contributed by atoms with Crippen LogP contribution in [0.5, 0.6) is 5.75 Å². The number of amides is 1. The molecule has 0 saturated carbocycles. The van der Waals surface area contributed by atoms with Gasteiger partial charge in [-0.05, 0) is 25.0 Å². The number of fused-ring (bicyclic) bond motifs is 1. The smallest absolute Gasteiger partial charge is 0.390 e. The molecule has 0 aliphatic carbocycles. The number of hydrogen-bond acceptors (Lipinski definition) is 4. The molecule has 24 heavy (non-hydrogen) atoms. The van der Waals surface area contributed by atoms with Crippen molar-refractivity contribution in [2.75, 3.05) is 36.9 Å². The Hall–Kier alpha value is -1.96. The third-order valence-electron chi connectivity index (χ3n) is 4.28. The molecule has 1 fully saturated rings. The molecule has 1 aromatic rings. The highest BCUT2D eigenvalue weighted by Gasteiger charge is 2.29. The third kappa shape index (κ3) is 4.53. The Labute approximate surface area is 138 Å². The maximum Gasteiger partial charge on any atom is 0.390 e. The van der Waals surface area contributed by atoms with Crippen molar-refractivity contribution in [3.63, 3.8) is 0 Å². The highest BCUT2D eigenvalue weighted by Crippen LogP contribution is 2.31. The van der Waals surface area contributed by atoms with E-state index < -0.39 is 12.6 Å². The zero-order chi connectivity index (χ0) is 17.2. The van der Waals surface area contributed by atoms with Crippen LogP contribution in [0.25, 0.3) is 0 Å². The summed E-state index contributed by atoms with van der Waals surface area (Å²) in [5, 5.41) is 6.13. The van der Waals surface area contributed by atoms with Crippen LogP contribution in [-0.2, 0) is 4.79 Å². The van der Waals surface area contributed by atoms with E-state index in [9.17, 15) is 18.0 Å². The van der Waals surface area contributed by atoms with Gasteiger partial charge in [-0.1, -0.05) is 0 Å². The largest absolute Gasteiger partial charge is 0.482 e. The number of nitrogens with one attached hydrogen (secondary N) is 2. The summed E-state index contributed by atoms with van der Waals surface area (Å²) >= 11 is 0. The first-order valence-electron chi connectivity index (χ1n) is 8.01. The van der Waals surface area contributed by atoms with Crippen molar-refractivity contribution in [2.24, 2.45) is 0 Å². The number of likely N-dealkylation sites (tertiary alicyclic amines) is 1. The van der Waals surface area contributed by atoms with Gasteiger partial charge in [-0.25, -0.2) is 0 Å². The summed E-state index contributed by atoms with van der Waals surface area (Å²) in [7, 11) is 0. The fourth-order valence-electron chi connectivity index (χ4n) is 2.99. The molecule has 8 heteroatoms. The Kier molecular flexibility index (Phi) is 4.84. The quantitative estimate of drug-likeness (QED) is 0.883. The topological polar surface area (TPSA) is 53.6 Å². The predicted octanol–water partition coefficient (Wildman–Crippen LogP) is 2.85. The van der Waals surface area contributed by atoms with Gasteiger partial charge in [0, 0.05) is 37.4 Å². The lowest BCUT2D eigenvalue weighted by atomic mass is 10.0. The van der Waals surface area contributed by atoms with Crippen molar-refractivity contribution in [1.82, 2.24) is 4.90 Å². The molecule has 0 spiro atoms. The summed E-state index contributed by atoms with van der Waals surface area (Å²) in [6.45, 7) is 1.40. The summed E-state index contributed by atoms with van der Waals surface area (Å²) in [5.74, 6) is 0.455. The van der Waals surface area contributed by atoms with Crippen molar-refractivity contribution in [2.45, 2.75) is 31.5 Å². The van der Waals surface area contributed by atoms with Gasteiger partial charge in [-0.2, -0.15) is 13.2 Å². The number of ether oxygens (including phenoxy) is 1. The predicted molar refractivity (Wildman–Crippen MR) is 84.3 cm³/mol. The Morgan fingerprint density at radius 2 is 2.04 bits per heavy atom. The number of piperidine rings is 1. The fraction of sp³-hybridized carbons (Fsp3) is 0.562. The maximum absolute atomic E-state index is 12.3. The van der Waals surface area contributed by atoms with Gasteiger partial charge in [0.25, 0.3) is 5.91 Å². The van der Waals surface area contributed by atoms with E-state index >= 15 is 0 Å². The van der Waals surface area contributed by atoms with Crippen LogP contribution in [0.15, 0.2) is 18.2 Å². The van der Waals surface area contributed by atoms with Gasteiger partial charge in [0.15, 0.2) is 6.61 Å². The van der Waals surface area contributed by atoms with Crippen LogP contribution < -0.4 is 15.4 Å². The van der Waals surface area contributed by atoms with Gasteiger partial charge in [-0.3, -0.25) is 4.79 Å². The molecule has 3 rings (SSSR count). The first kappa shape index (κ1) is 16.9. The van der Waals surface area contributed by atoms with E-state index in [0.717, 1.165) is 18.5 Å². The molecule has 1 saturated heterocycles. The minimum atomic E-state index is -4.09. The molecule has 2 aliphatic heterocycles. The van der Waals surface area contributed by atoms with E-state index in [1.165, 1.54) is 0 Å². The number of rotatable bonds is 4. The summed E-state index contributed by atoms with van der Waals surface area (Å²) in [5.41, 5.74) is 1.54. The second-order valence-electron chi connectivity index (χ2n) is 6.17. The first-order chi connectivity index (χ1) is 11.4. The van der Waals surface area contributed by atoms with Crippen molar-refractivity contribution >= 4 is 17.3 Å². The number of halogens is 3. The SMILES string of the molecule is O=C1COc2cc(NC3CCN(CCC(F)(F)F)CC3)ccc2N1. The third-order valence-corrected chi connectivity index (χ3v) is 4.28.